The molecule has 3 atom stereocenters. The molecule has 0 bridgehead atoms. The quantitative estimate of drug-likeness (QED) is 0.671. The van der Waals surface area contributed by atoms with Gasteiger partial charge in [-0.1, -0.05) is 12.1 Å². The normalized spacial score (nSPS) is 23.7. The monoisotopic (exact) mass is 427 g/mol. The van der Waals surface area contributed by atoms with Crippen molar-refractivity contribution in [1.82, 2.24) is 5.32 Å². The first-order valence-corrected chi connectivity index (χ1v) is 11.0. The fourth-order valence-electron chi connectivity index (χ4n) is 4.25. The molecule has 1 aromatic carbocycles. The van der Waals surface area contributed by atoms with Crippen molar-refractivity contribution in [2.24, 2.45) is 5.92 Å². The maximum atomic E-state index is 13.3. The van der Waals surface area contributed by atoms with Crippen LogP contribution in [-0.2, 0) is 14.3 Å². The van der Waals surface area contributed by atoms with Gasteiger partial charge in [-0.15, -0.1) is 0 Å². The molecule has 0 unspecified atom stereocenters. The van der Waals surface area contributed by atoms with Crippen LogP contribution in [0.25, 0.3) is 11.0 Å². The smallest absolute Gasteiger partial charge is 0.286 e. The number of rotatable bonds is 8. The van der Waals surface area contributed by atoms with E-state index in [1.54, 1.807) is 24.3 Å². The zero-order chi connectivity index (χ0) is 21.8. The summed E-state index contributed by atoms with van der Waals surface area (Å²) in [6, 6.07) is 7.27. The van der Waals surface area contributed by atoms with Crippen LogP contribution < -0.4 is 10.7 Å². The maximum Gasteiger partial charge on any atom is 0.286 e. The highest BCUT2D eigenvalue weighted by molar-refractivity contribution is 5.92. The fourth-order valence-corrected chi connectivity index (χ4v) is 4.25. The molecule has 2 heterocycles. The Labute approximate surface area is 181 Å². The second kappa shape index (κ2) is 9.66. The molecule has 7 nitrogen and oxygen atoms in total. The van der Waals surface area contributed by atoms with E-state index < -0.39 is 12.2 Å². The number of hydrogen-bond donors (Lipinski definition) is 2. The van der Waals surface area contributed by atoms with Gasteiger partial charge in [0, 0.05) is 36.7 Å². The third-order valence-corrected chi connectivity index (χ3v) is 6.14. The van der Waals surface area contributed by atoms with Crippen molar-refractivity contribution in [3.05, 3.63) is 58.2 Å². The lowest BCUT2D eigenvalue weighted by Crippen LogP contribution is -2.44. The van der Waals surface area contributed by atoms with E-state index in [0.717, 1.165) is 19.3 Å². The largest absolute Gasteiger partial charge is 0.464 e. The van der Waals surface area contributed by atoms with E-state index in [1.165, 1.54) is 6.26 Å². The van der Waals surface area contributed by atoms with Gasteiger partial charge in [-0.2, -0.15) is 0 Å². The summed E-state index contributed by atoms with van der Waals surface area (Å²) >= 11 is 0. The van der Waals surface area contributed by atoms with Gasteiger partial charge in [0.1, 0.15) is 5.58 Å². The van der Waals surface area contributed by atoms with Crippen molar-refractivity contribution in [3.63, 3.8) is 0 Å². The SMILES string of the molecule is CCO[C@@H]1OC(C(=O)NC2CCC2)=C[C@H](c2coc3ccccc3c2=O)[C@H]1CCCO. The van der Waals surface area contributed by atoms with Crippen molar-refractivity contribution in [2.45, 2.75) is 57.3 Å². The number of nitrogens with one attached hydrogen (secondary N) is 1. The Morgan fingerprint density at radius 1 is 1.29 bits per heavy atom. The summed E-state index contributed by atoms with van der Waals surface area (Å²) in [5, 5.41) is 12.9. The van der Waals surface area contributed by atoms with Crippen LogP contribution in [0.1, 0.15) is 50.5 Å². The molecule has 166 valence electrons. The summed E-state index contributed by atoms with van der Waals surface area (Å²) in [5.41, 5.74) is 0.847. The molecule has 1 aromatic heterocycles. The number of ether oxygens (including phenoxy) is 2. The second-order valence-corrected chi connectivity index (χ2v) is 8.15. The Bertz CT molecular complexity index is 1010. The summed E-state index contributed by atoms with van der Waals surface area (Å²) in [6.07, 6.45) is 6.64. The third-order valence-electron chi connectivity index (χ3n) is 6.14. The number of carbonyl (C=O) groups excluding carboxylic acids is 1. The van der Waals surface area contributed by atoms with E-state index in [-0.39, 0.29) is 35.7 Å². The molecule has 0 saturated heterocycles. The summed E-state index contributed by atoms with van der Waals surface area (Å²) in [5.74, 6) is -0.787. The molecule has 1 amide bonds. The molecule has 0 spiro atoms. The molecule has 7 heteroatoms. The zero-order valence-corrected chi connectivity index (χ0v) is 17.7. The predicted octanol–water partition coefficient (Wildman–Crippen LogP) is 3.21. The van der Waals surface area contributed by atoms with E-state index in [9.17, 15) is 14.7 Å². The molecule has 1 aliphatic carbocycles. The predicted molar refractivity (Wildman–Crippen MR) is 115 cm³/mol. The van der Waals surface area contributed by atoms with Crippen LogP contribution in [0.3, 0.4) is 0 Å². The van der Waals surface area contributed by atoms with E-state index in [4.69, 9.17) is 13.9 Å². The van der Waals surface area contributed by atoms with Crippen LogP contribution in [0, 0.1) is 5.92 Å². The van der Waals surface area contributed by atoms with Crippen LogP contribution in [0.5, 0.6) is 0 Å². The van der Waals surface area contributed by atoms with Gasteiger partial charge in [0.05, 0.1) is 11.6 Å². The molecule has 0 radical (unpaired) electrons. The van der Waals surface area contributed by atoms with E-state index in [1.807, 2.05) is 13.0 Å². The van der Waals surface area contributed by atoms with Gasteiger partial charge in [0.2, 0.25) is 6.29 Å². The molecular formula is C24H29NO6. The number of amides is 1. The number of allylic oxidation sites excluding steroid dienone is 1. The molecular weight excluding hydrogens is 398 g/mol. The van der Waals surface area contributed by atoms with Crippen molar-refractivity contribution in [3.8, 4) is 0 Å². The molecule has 31 heavy (non-hydrogen) atoms. The molecule has 1 fully saturated rings. The zero-order valence-electron chi connectivity index (χ0n) is 17.7. The van der Waals surface area contributed by atoms with Crippen LogP contribution in [0.15, 0.2) is 51.6 Å². The summed E-state index contributed by atoms with van der Waals surface area (Å²) < 4.78 is 17.6. The van der Waals surface area contributed by atoms with Gasteiger partial charge < -0.3 is 24.3 Å². The van der Waals surface area contributed by atoms with Crippen molar-refractivity contribution >= 4 is 16.9 Å². The first kappa shape index (κ1) is 21.6. The highest BCUT2D eigenvalue weighted by Crippen LogP contribution is 2.39. The van der Waals surface area contributed by atoms with Crippen molar-refractivity contribution in [2.75, 3.05) is 13.2 Å². The number of hydrogen-bond acceptors (Lipinski definition) is 6. The fraction of sp³-hybridized carbons (Fsp3) is 0.500. The minimum atomic E-state index is -0.695. The highest BCUT2D eigenvalue weighted by Gasteiger charge is 2.39. The average Bonchev–Trinajstić information content (AvgIpc) is 2.75. The van der Waals surface area contributed by atoms with E-state index in [0.29, 0.717) is 36.0 Å². The highest BCUT2D eigenvalue weighted by atomic mass is 16.7. The number of benzene rings is 1. The number of carbonyl (C=O) groups is 1. The van der Waals surface area contributed by atoms with Gasteiger partial charge in [-0.3, -0.25) is 9.59 Å². The first-order chi connectivity index (χ1) is 15.1. The van der Waals surface area contributed by atoms with E-state index >= 15 is 0 Å². The number of fused-ring (bicyclic) bond motifs is 1. The Morgan fingerprint density at radius 3 is 2.81 bits per heavy atom. The second-order valence-electron chi connectivity index (χ2n) is 8.15. The number of aliphatic hydroxyl groups is 1. The number of para-hydroxylation sites is 1. The van der Waals surface area contributed by atoms with Gasteiger partial charge in [-0.25, -0.2) is 0 Å². The lowest BCUT2D eigenvalue weighted by Gasteiger charge is -2.37. The standard InChI is InChI=1S/C24H29NO6/c1-2-29-24-16(10-6-12-26)18(13-21(31-24)23(28)25-15-7-5-8-15)19-14-30-20-11-4-3-9-17(20)22(19)27/h3-4,9,11,13-16,18,24,26H,2,5-8,10,12H2,1H3,(H,25,28)/t16-,18+,24-/m1/s1. The minimum Gasteiger partial charge on any atom is -0.464 e. The Kier molecular flexibility index (Phi) is 6.73. The molecule has 4 rings (SSSR count). The molecule has 2 N–H and O–H groups in total. The average molecular weight is 427 g/mol. The van der Waals surface area contributed by atoms with Crippen molar-refractivity contribution in [1.29, 1.82) is 0 Å². The van der Waals surface area contributed by atoms with Gasteiger partial charge in [0.15, 0.2) is 11.2 Å². The molecule has 1 aliphatic heterocycles. The maximum absolute atomic E-state index is 13.3. The van der Waals surface area contributed by atoms with Crippen LogP contribution in [-0.4, -0.2) is 36.6 Å². The van der Waals surface area contributed by atoms with Crippen LogP contribution in [0.4, 0.5) is 0 Å². The van der Waals surface area contributed by atoms with Gasteiger partial charge in [0.25, 0.3) is 5.91 Å². The van der Waals surface area contributed by atoms with E-state index in [2.05, 4.69) is 5.32 Å². The third kappa shape index (κ3) is 4.52. The lowest BCUT2D eigenvalue weighted by molar-refractivity contribution is -0.167. The Balaban J connectivity index is 1.75. The summed E-state index contributed by atoms with van der Waals surface area (Å²) in [6.45, 7) is 2.28. The molecule has 1 saturated carbocycles. The Morgan fingerprint density at radius 2 is 2.10 bits per heavy atom. The summed E-state index contributed by atoms with van der Waals surface area (Å²) in [7, 11) is 0. The van der Waals surface area contributed by atoms with Crippen LogP contribution in [0.2, 0.25) is 0 Å². The topological polar surface area (TPSA) is 98.0 Å². The molecule has 2 aliphatic rings. The minimum absolute atomic E-state index is 0.0210. The lowest BCUT2D eigenvalue weighted by atomic mass is 9.80. The van der Waals surface area contributed by atoms with Gasteiger partial charge in [-0.05, 0) is 57.2 Å². The molecule has 2 aromatic rings. The Hall–Kier alpha value is -2.64. The first-order valence-electron chi connectivity index (χ1n) is 11.0. The van der Waals surface area contributed by atoms with Gasteiger partial charge >= 0.3 is 0 Å². The summed E-state index contributed by atoms with van der Waals surface area (Å²) in [4.78, 5) is 26.1. The van der Waals surface area contributed by atoms with Crippen LogP contribution >= 0.6 is 0 Å². The van der Waals surface area contributed by atoms with Crippen molar-refractivity contribution < 1.29 is 23.8 Å². The number of aliphatic hydroxyl groups excluding tert-OH is 1.